The van der Waals surface area contributed by atoms with E-state index in [9.17, 15) is 9.59 Å². The lowest BCUT2D eigenvalue weighted by Gasteiger charge is -1.96. The number of rotatable bonds is 2. The molecule has 0 aliphatic heterocycles. The maximum absolute atomic E-state index is 10.4. The number of benzene rings is 2. The summed E-state index contributed by atoms with van der Waals surface area (Å²) in [6.45, 7) is 19.6. The summed E-state index contributed by atoms with van der Waals surface area (Å²) in [7, 11) is 0. The third kappa shape index (κ3) is 18.5. The normalized spacial score (nSPS) is 7.24. The number of hydrogen-bond acceptors (Lipinski definition) is 2. The third-order valence-electron chi connectivity index (χ3n) is 2.75. The van der Waals surface area contributed by atoms with Gasteiger partial charge in [-0.3, -0.25) is 0 Å². The van der Waals surface area contributed by atoms with Crippen LogP contribution in [0.5, 0.6) is 0 Å². The van der Waals surface area contributed by atoms with E-state index in [1.807, 2.05) is 67.5 Å². The Morgan fingerprint density at radius 3 is 0.897 bits per heavy atom. The summed E-state index contributed by atoms with van der Waals surface area (Å²) in [5.74, 6) is -1.73. The van der Waals surface area contributed by atoms with Gasteiger partial charge in [-0.1, -0.05) is 99.2 Å². The Hall–Kier alpha value is -2.62. The standard InChI is InChI=1S/2C8H8O2.4C2H6.CH4/c2*1-6-4-2-3-5-7(6)8(9)10;4*1-2;/h2*2-5H,1H3,(H,9,10);4*1-2H3;1H4. The monoisotopic (exact) mass is 408 g/mol. The lowest BCUT2D eigenvalue weighted by atomic mass is 10.1. The summed E-state index contributed by atoms with van der Waals surface area (Å²) in [5, 5.41) is 17.1. The van der Waals surface area contributed by atoms with Crippen molar-refractivity contribution in [3.8, 4) is 0 Å². The van der Waals surface area contributed by atoms with Crippen LogP contribution in [0.15, 0.2) is 48.5 Å². The largest absolute Gasteiger partial charge is 0.478 e. The summed E-state index contributed by atoms with van der Waals surface area (Å²) in [4.78, 5) is 20.8. The highest BCUT2D eigenvalue weighted by molar-refractivity contribution is 5.89. The Morgan fingerprint density at radius 1 is 0.552 bits per heavy atom. The summed E-state index contributed by atoms with van der Waals surface area (Å²) in [6, 6.07) is 13.8. The van der Waals surface area contributed by atoms with Gasteiger partial charge in [0.2, 0.25) is 0 Å². The van der Waals surface area contributed by atoms with Crippen LogP contribution in [0.4, 0.5) is 0 Å². The van der Waals surface area contributed by atoms with Gasteiger partial charge in [0.05, 0.1) is 11.1 Å². The van der Waals surface area contributed by atoms with Crippen molar-refractivity contribution < 1.29 is 19.8 Å². The zero-order valence-electron chi connectivity index (χ0n) is 19.3. The molecule has 29 heavy (non-hydrogen) atoms. The first-order valence-corrected chi connectivity index (χ1v) is 10.0. The lowest BCUT2D eigenvalue weighted by Crippen LogP contribution is -1.97. The smallest absolute Gasteiger partial charge is 0.335 e. The van der Waals surface area contributed by atoms with Crippen LogP contribution in [0.2, 0.25) is 0 Å². The van der Waals surface area contributed by atoms with E-state index in [1.54, 1.807) is 50.2 Å². The highest BCUT2D eigenvalue weighted by atomic mass is 16.4. The fourth-order valence-corrected chi connectivity index (χ4v) is 1.63. The summed E-state index contributed by atoms with van der Waals surface area (Å²) in [5.41, 5.74) is 2.36. The molecule has 0 spiro atoms. The second-order valence-electron chi connectivity index (χ2n) is 4.24. The van der Waals surface area contributed by atoms with Gasteiger partial charge in [0.25, 0.3) is 0 Å². The summed E-state index contributed by atoms with van der Waals surface area (Å²) >= 11 is 0. The molecule has 0 aliphatic rings. The average Bonchev–Trinajstić information content (AvgIpc) is 2.75. The molecular formula is C25H44O4. The highest BCUT2D eigenvalue weighted by Crippen LogP contribution is 2.06. The molecule has 0 aromatic heterocycles. The van der Waals surface area contributed by atoms with Gasteiger partial charge < -0.3 is 10.2 Å². The molecule has 2 aromatic carbocycles. The molecule has 0 unspecified atom stereocenters. The molecule has 0 radical (unpaired) electrons. The summed E-state index contributed by atoms with van der Waals surface area (Å²) < 4.78 is 0. The predicted molar refractivity (Wildman–Crippen MR) is 128 cm³/mol. The summed E-state index contributed by atoms with van der Waals surface area (Å²) in [6.07, 6.45) is 0. The molecule has 0 atom stereocenters. The van der Waals surface area contributed by atoms with Crippen LogP contribution < -0.4 is 0 Å². The zero-order valence-corrected chi connectivity index (χ0v) is 19.3. The Kier molecular flexibility index (Phi) is 35.4. The van der Waals surface area contributed by atoms with Crippen LogP contribution in [-0.4, -0.2) is 22.2 Å². The molecule has 0 saturated carbocycles. The van der Waals surface area contributed by atoms with Gasteiger partial charge in [-0.05, 0) is 37.1 Å². The van der Waals surface area contributed by atoms with Crippen molar-refractivity contribution in [1.29, 1.82) is 0 Å². The zero-order chi connectivity index (χ0) is 23.1. The minimum atomic E-state index is -0.863. The van der Waals surface area contributed by atoms with Crippen molar-refractivity contribution in [2.24, 2.45) is 0 Å². The first kappa shape index (κ1) is 37.2. The first-order valence-electron chi connectivity index (χ1n) is 10.0. The second kappa shape index (κ2) is 27.6. The molecule has 0 amide bonds. The van der Waals surface area contributed by atoms with E-state index >= 15 is 0 Å². The quantitative estimate of drug-likeness (QED) is 0.526. The fraction of sp³-hybridized carbons (Fsp3) is 0.440. The number of carboxylic acid groups (broad SMARTS) is 2. The van der Waals surface area contributed by atoms with Crippen LogP contribution >= 0.6 is 0 Å². The van der Waals surface area contributed by atoms with Crippen LogP contribution in [0, 0.1) is 13.8 Å². The maximum atomic E-state index is 10.4. The molecule has 2 N–H and O–H groups in total. The van der Waals surface area contributed by atoms with E-state index in [2.05, 4.69) is 0 Å². The topological polar surface area (TPSA) is 74.6 Å². The van der Waals surface area contributed by atoms with Crippen LogP contribution in [0.25, 0.3) is 0 Å². The van der Waals surface area contributed by atoms with Crippen LogP contribution in [-0.2, 0) is 0 Å². The molecule has 4 heteroatoms. The predicted octanol–water partition coefficient (Wildman–Crippen LogP) is 8.13. The molecule has 0 fully saturated rings. The van der Waals surface area contributed by atoms with Crippen molar-refractivity contribution in [2.45, 2.75) is 76.7 Å². The van der Waals surface area contributed by atoms with E-state index < -0.39 is 11.9 Å². The number of hydrogen-bond donors (Lipinski definition) is 2. The molecule has 168 valence electrons. The van der Waals surface area contributed by atoms with Crippen LogP contribution in [0.1, 0.15) is 94.7 Å². The fourth-order valence-electron chi connectivity index (χ4n) is 1.63. The average molecular weight is 409 g/mol. The Labute approximate surface area is 179 Å². The number of aryl methyl sites for hydroxylation is 2. The van der Waals surface area contributed by atoms with Crippen molar-refractivity contribution in [3.63, 3.8) is 0 Å². The lowest BCUT2D eigenvalue weighted by molar-refractivity contribution is 0.0685. The highest BCUT2D eigenvalue weighted by Gasteiger charge is 2.03. The minimum Gasteiger partial charge on any atom is -0.478 e. The molecule has 4 nitrogen and oxygen atoms in total. The number of carboxylic acids is 2. The van der Waals surface area contributed by atoms with Gasteiger partial charge in [-0.15, -0.1) is 0 Å². The van der Waals surface area contributed by atoms with E-state index in [1.165, 1.54) is 0 Å². The molecule has 2 aromatic rings. The van der Waals surface area contributed by atoms with Gasteiger partial charge >= 0.3 is 11.9 Å². The van der Waals surface area contributed by atoms with Crippen molar-refractivity contribution in [1.82, 2.24) is 0 Å². The Morgan fingerprint density at radius 2 is 0.759 bits per heavy atom. The maximum Gasteiger partial charge on any atom is 0.335 e. The van der Waals surface area contributed by atoms with E-state index in [0.717, 1.165) is 11.1 Å². The first-order chi connectivity index (χ1) is 13.4. The molecule has 0 heterocycles. The van der Waals surface area contributed by atoms with E-state index in [-0.39, 0.29) is 7.43 Å². The molecule has 0 saturated heterocycles. The SMILES string of the molecule is C.CC.CC.CC.CC.Cc1ccccc1C(=O)O.Cc1ccccc1C(=O)O. The van der Waals surface area contributed by atoms with Gasteiger partial charge in [0.1, 0.15) is 0 Å². The van der Waals surface area contributed by atoms with E-state index in [4.69, 9.17) is 10.2 Å². The third-order valence-corrected chi connectivity index (χ3v) is 2.75. The van der Waals surface area contributed by atoms with Gasteiger partial charge in [-0.2, -0.15) is 0 Å². The van der Waals surface area contributed by atoms with Gasteiger partial charge in [0.15, 0.2) is 0 Å². The minimum absolute atomic E-state index is 0. The molecular weight excluding hydrogens is 364 g/mol. The number of aromatic carboxylic acids is 2. The van der Waals surface area contributed by atoms with Crippen LogP contribution in [0.3, 0.4) is 0 Å². The van der Waals surface area contributed by atoms with E-state index in [0.29, 0.717) is 11.1 Å². The second-order valence-corrected chi connectivity index (χ2v) is 4.24. The van der Waals surface area contributed by atoms with Gasteiger partial charge in [0, 0.05) is 0 Å². The van der Waals surface area contributed by atoms with Crippen molar-refractivity contribution >= 4 is 11.9 Å². The van der Waals surface area contributed by atoms with Crippen molar-refractivity contribution in [3.05, 3.63) is 70.8 Å². The Balaban J connectivity index is -0.0000000961. The van der Waals surface area contributed by atoms with Crippen molar-refractivity contribution in [2.75, 3.05) is 0 Å². The molecule has 0 aliphatic carbocycles. The molecule has 2 rings (SSSR count). The molecule has 0 bridgehead atoms. The van der Waals surface area contributed by atoms with Gasteiger partial charge in [-0.25, -0.2) is 9.59 Å². The number of carbonyl (C=O) groups is 2. The Bertz CT molecular complexity index is 564.